The highest BCUT2D eigenvalue weighted by Gasteiger charge is 2.21. The third kappa shape index (κ3) is 3.13. The van der Waals surface area contributed by atoms with E-state index < -0.39 is 33.1 Å². The standard InChI is InChI=1S/C14H14FN3O5S/c1-9-4-6-10(7-5-9)24(21,22)18-8-11(15)12(16-13(19)23-3)17(2)14(18)20/h4-8H,1-3H3/b16-12+. The number of carbonyl (C=O) groups excluding carboxylic acids is 1. The first-order chi connectivity index (χ1) is 11.2. The molecule has 10 heteroatoms. The molecule has 1 amide bonds. The molecule has 0 saturated heterocycles. The molecule has 0 unspecified atom stereocenters. The summed E-state index contributed by atoms with van der Waals surface area (Å²) >= 11 is 0. The summed E-state index contributed by atoms with van der Waals surface area (Å²) in [4.78, 5) is 26.5. The molecule has 0 aliphatic rings. The van der Waals surface area contributed by atoms with E-state index in [1.165, 1.54) is 12.1 Å². The van der Waals surface area contributed by atoms with Gasteiger partial charge in [-0.2, -0.15) is 8.96 Å². The fraction of sp³-hybridized carbons (Fsp3) is 0.214. The first kappa shape index (κ1) is 17.6. The molecule has 0 spiro atoms. The van der Waals surface area contributed by atoms with E-state index in [-0.39, 0.29) is 8.87 Å². The van der Waals surface area contributed by atoms with E-state index in [9.17, 15) is 22.4 Å². The van der Waals surface area contributed by atoms with Gasteiger partial charge in [0.15, 0.2) is 11.3 Å². The number of ether oxygens (including phenoxy) is 1. The maximum atomic E-state index is 14.2. The molecule has 0 aliphatic heterocycles. The summed E-state index contributed by atoms with van der Waals surface area (Å²) in [5.74, 6) is -1.17. The van der Waals surface area contributed by atoms with Gasteiger partial charge in [-0.25, -0.2) is 22.4 Å². The highest BCUT2D eigenvalue weighted by molar-refractivity contribution is 7.90. The number of nitrogens with zero attached hydrogens (tertiary/aromatic N) is 3. The SMILES string of the molecule is COC(=O)/N=c1\c(F)cn(S(=O)(=O)c2ccc(C)cc2)c(=O)n1C. The van der Waals surface area contributed by atoms with E-state index in [1.54, 1.807) is 19.1 Å². The van der Waals surface area contributed by atoms with Crippen LogP contribution in [-0.2, 0) is 21.8 Å². The van der Waals surface area contributed by atoms with Gasteiger partial charge in [0.1, 0.15) is 0 Å². The fourth-order valence-electron chi connectivity index (χ4n) is 1.87. The lowest BCUT2D eigenvalue weighted by Crippen LogP contribution is -2.42. The van der Waals surface area contributed by atoms with Crippen LogP contribution < -0.4 is 11.2 Å². The summed E-state index contributed by atoms with van der Waals surface area (Å²) in [5.41, 5.74) is -0.896. The van der Waals surface area contributed by atoms with Gasteiger partial charge in [-0.05, 0) is 19.1 Å². The zero-order valence-corrected chi connectivity index (χ0v) is 13.9. The van der Waals surface area contributed by atoms with Gasteiger partial charge >= 0.3 is 11.8 Å². The Bertz CT molecular complexity index is 1020. The van der Waals surface area contributed by atoms with Crippen molar-refractivity contribution in [1.82, 2.24) is 8.54 Å². The maximum Gasteiger partial charge on any atom is 0.435 e. The number of halogens is 1. The summed E-state index contributed by atoms with van der Waals surface area (Å²) in [6.07, 6.45) is -0.651. The van der Waals surface area contributed by atoms with Gasteiger partial charge in [-0.1, -0.05) is 17.7 Å². The number of aryl methyl sites for hydroxylation is 1. The molecule has 24 heavy (non-hydrogen) atoms. The molecular weight excluding hydrogens is 341 g/mol. The lowest BCUT2D eigenvalue weighted by molar-refractivity contribution is 0.181. The van der Waals surface area contributed by atoms with Crippen LogP contribution in [0, 0.1) is 12.7 Å². The van der Waals surface area contributed by atoms with Crippen LogP contribution in [0.5, 0.6) is 0 Å². The Morgan fingerprint density at radius 2 is 1.83 bits per heavy atom. The molecule has 2 rings (SSSR count). The number of carbonyl (C=O) groups is 1. The monoisotopic (exact) mass is 355 g/mol. The molecular formula is C14H14FN3O5S. The number of methoxy groups -OCH3 is 1. The topological polar surface area (TPSA) is 99.7 Å². The number of aromatic nitrogens is 2. The summed E-state index contributed by atoms with van der Waals surface area (Å²) in [6.45, 7) is 1.77. The van der Waals surface area contributed by atoms with E-state index >= 15 is 0 Å². The van der Waals surface area contributed by atoms with Crippen LogP contribution in [0.1, 0.15) is 5.56 Å². The predicted octanol–water partition coefficient (Wildman–Crippen LogP) is 0.538. The van der Waals surface area contributed by atoms with Crippen molar-refractivity contribution in [2.24, 2.45) is 12.0 Å². The van der Waals surface area contributed by atoms with Crippen LogP contribution in [0.2, 0.25) is 0 Å². The number of amides is 1. The number of rotatable bonds is 2. The number of hydrogen-bond donors (Lipinski definition) is 0. The second-order valence-corrected chi connectivity index (χ2v) is 6.65. The fourth-order valence-corrected chi connectivity index (χ4v) is 3.14. The van der Waals surface area contributed by atoms with Gasteiger partial charge in [-0.15, -0.1) is 0 Å². The summed E-state index contributed by atoms with van der Waals surface area (Å²) in [7, 11) is -2.17. The van der Waals surface area contributed by atoms with Gasteiger partial charge in [0, 0.05) is 7.05 Å². The normalized spacial score (nSPS) is 12.2. The molecule has 1 aromatic carbocycles. The quantitative estimate of drug-likeness (QED) is 0.783. The Morgan fingerprint density at radius 1 is 1.25 bits per heavy atom. The van der Waals surface area contributed by atoms with Crippen molar-refractivity contribution in [3.63, 3.8) is 0 Å². The van der Waals surface area contributed by atoms with Crippen LogP contribution in [0.3, 0.4) is 0 Å². The van der Waals surface area contributed by atoms with Gasteiger partial charge in [0.2, 0.25) is 0 Å². The van der Waals surface area contributed by atoms with Crippen molar-refractivity contribution in [1.29, 1.82) is 0 Å². The Kier molecular flexibility index (Phi) is 4.69. The minimum absolute atomic E-state index is 0.174. The Morgan fingerprint density at radius 3 is 2.38 bits per heavy atom. The molecule has 0 bridgehead atoms. The first-order valence-electron chi connectivity index (χ1n) is 6.61. The maximum absolute atomic E-state index is 14.2. The largest absolute Gasteiger partial charge is 0.451 e. The van der Waals surface area contributed by atoms with Crippen LogP contribution in [0.15, 0.2) is 45.1 Å². The van der Waals surface area contributed by atoms with E-state index in [0.29, 0.717) is 10.8 Å². The van der Waals surface area contributed by atoms with Gasteiger partial charge < -0.3 is 4.74 Å². The van der Waals surface area contributed by atoms with Gasteiger partial charge in [0.25, 0.3) is 10.0 Å². The zero-order chi connectivity index (χ0) is 18.1. The van der Waals surface area contributed by atoms with E-state index in [1.807, 2.05) is 0 Å². The average molecular weight is 355 g/mol. The molecule has 1 aromatic heterocycles. The third-order valence-electron chi connectivity index (χ3n) is 3.19. The average Bonchev–Trinajstić information content (AvgIpc) is 2.54. The Labute approximate surface area is 136 Å². The minimum atomic E-state index is -4.30. The third-order valence-corrected chi connectivity index (χ3v) is 4.83. The van der Waals surface area contributed by atoms with Crippen molar-refractivity contribution in [3.8, 4) is 0 Å². The predicted molar refractivity (Wildman–Crippen MR) is 81.4 cm³/mol. The highest BCUT2D eigenvalue weighted by Crippen LogP contribution is 2.12. The molecule has 2 aromatic rings. The van der Waals surface area contributed by atoms with Gasteiger partial charge in [-0.3, -0.25) is 4.57 Å². The smallest absolute Gasteiger partial charge is 0.435 e. The van der Waals surface area contributed by atoms with Crippen LogP contribution in [-0.4, -0.2) is 30.2 Å². The van der Waals surface area contributed by atoms with Gasteiger partial charge in [0.05, 0.1) is 18.2 Å². The van der Waals surface area contributed by atoms with Crippen molar-refractivity contribution in [2.75, 3.05) is 7.11 Å². The molecule has 0 N–H and O–H groups in total. The zero-order valence-electron chi connectivity index (χ0n) is 13.1. The van der Waals surface area contributed by atoms with E-state index in [0.717, 1.165) is 19.7 Å². The van der Waals surface area contributed by atoms with Crippen molar-refractivity contribution >= 4 is 16.1 Å². The Balaban J connectivity index is 2.74. The summed E-state index contributed by atoms with van der Waals surface area (Å²) in [6, 6.07) is 5.72. The molecule has 0 radical (unpaired) electrons. The second kappa shape index (κ2) is 6.40. The molecule has 0 aliphatic carbocycles. The van der Waals surface area contributed by atoms with Crippen molar-refractivity contribution in [3.05, 3.63) is 57.8 Å². The molecule has 0 atom stereocenters. The van der Waals surface area contributed by atoms with Crippen molar-refractivity contribution < 1.29 is 22.3 Å². The molecule has 0 fully saturated rings. The Hall–Kier alpha value is -2.75. The molecule has 1 heterocycles. The summed E-state index contributed by atoms with van der Waals surface area (Å²) < 4.78 is 44.3. The second-order valence-electron chi connectivity index (χ2n) is 4.84. The molecule has 128 valence electrons. The lowest BCUT2D eigenvalue weighted by atomic mass is 10.2. The lowest BCUT2D eigenvalue weighted by Gasteiger charge is -2.10. The van der Waals surface area contributed by atoms with E-state index in [2.05, 4.69) is 9.73 Å². The molecule has 8 nitrogen and oxygen atoms in total. The van der Waals surface area contributed by atoms with Crippen LogP contribution >= 0.6 is 0 Å². The minimum Gasteiger partial charge on any atom is -0.451 e. The van der Waals surface area contributed by atoms with E-state index in [4.69, 9.17) is 0 Å². The number of hydrogen-bond acceptors (Lipinski definition) is 5. The highest BCUT2D eigenvalue weighted by atomic mass is 32.2. The molecule has 0 saturated carbocycles. The number of benzene rings is 1. The van der Waals surface area contributed by atoms with Crippen LogP contribution in [0.25, 0.3) is 0 Å². The van der Waals surface area contributed by atoms with Crippen LogP contribution in [0.4, 0.5) is 9.18 Å². The van der Waals surface area contributed by atoms with Crippen molar-refractivity contribution in [2.45, 2.75) is 11.8 Å². The summed E-state index contributed by atoms with van der Waals surface area (Å²) in [5, 5.41) is 0. The first-order valence-corrected chi connectivity index (χ1v) is 8.05.